The molecule has 0 saturated carbocycles. The van der Waals surface area contributed by atoms with E-state index in [9.17, 15) is 8.42 Å². The monoisotopic (exact) mass is 432 g/mol. The largest absolute Gasteiger partial charge is 0.265 e. The average molecular weight is 434 g/mol. The van der Waals surface area contributed by atoms with Crippen LogP contribution >= 0.6 is 31.9 Å². The molecule has 4 nitrogen and oxygen atoms in total. The molecule has 0 amide bonds. The third-order valence-corrected chi connectivity index (χ3v) is 6.39. The van der Waals surface area contributed by atoms with Crippen LogP contribution in [0.5, 0.6) is 0 Å². The fourth-order valence-electron chi connectivity index (χ4n) is 1.80. The third-order valence-electron chi connectivity index (χ3n) is 3.05. The van der Waals surface area contributed by atoms with E-state index in [4.69, 9.17) is 0 Å². The molecule has 0 bridgehead atoms. The predicted molar refractivity (Wildman–Crippen MR) is 89.6 cm³/mol. The van der Waals surface area contributed by atoms with Gasteiger partial charge in [-0.05, 0) is 58.2 Å². The molecule has 0 spiro atoms. The summed E-state index contributed by atoms with van der Waals surface area (Å²) in [5.41, 5.74) is 1.06. The van der Waals surface area contributed by atoms with Crippen molar-refractivity contribution < 1.29 is 8.42 Å². The van der Waals surface area contributed by atoms with Crippen molar-refractivity contribution in [3.63, 3.8) is 0 Å². The molecule has 0 N–H and O–H groups in total. The van der Waals surface area contributed by atoms with E-state index in [0.29, 0.717) is 17.4 Å². The predicted octanol–water partition coefficient (Wildman–Crippen LogP) is 3.47. The Morgan fingerprint density at radius 2 is 1.81 bits per heavy atom. The molecule has 0 atom stereocenters. The summed E-state index contributed by atoms with van der Waals surface area (Å²) in [5.74, 6) is 0. The van der Waals surface area contributed by atoms with Crippen LogP contribution in [-0.4, -0.2) is 31.3 Å². The number of rotatable bonds is 5. The summed E-state index contributed by atoms with van der Waals surface area (Å²) >= 11 is 6.60. The standard InChI is InChI=1S/C14H14Br2N2O2S/c1-18(9-6-11-4-7-17-8-5-11)21(19,20)14-10-12(15)2-3-13(14)16/h2-5,7-8,10H,6,9H2,1H3. The second-order valence-corrected chi connectivity index (χ2v) is 8.29. The number of halogens is 2. The zero-order chi connectivity index (χ0) is 15.5. The van der Waals surface area contributed by atoms with Gasteiger partial charge in [-0.25, -0.2) is 12.7 Å². The smallest absolute Gasteiger partial charge is 0.243 e. The average Bonchev–Trinajstić information content (AvgIpc) is 2.48. The summed E-state index contributed by atoms with van der Waals surface area (Å²) < 4.78 is 27.8. The molecule has 7 heteroatoms. The van der Waals surface area contributed by atoms with Crippen LogP contribution in [0.2, 0.25) is 0 Å². The van der Waals surface area contributed by atoms with Gasteiger partial charge in [0, 0.05) is 34.9 Å². The van der Waals surface area contributed by atoms with Gasteiger partial charge in [0.15, 0.2) is 0 Å². The molecule has 0 aliphatic heterocycles. The number of benzene rings is 1. The number of likely N-dealkylation sites (N-methyl/N-ethyl adjacent to an activating group) is 1. The van der Waals surface area contributed by atoms with E-state index in [1.165, 1.54) is 4.31 Å². The van der Waals surface area contributed by atoms with Crippen LogP contribution < -0.4 is 0 Å². The van der Waals surface area contributed by atoms with E-state index in [-0.39, 0.29) is 4.90 Å². The van der Waals surface area contributed by atoms with Crippen LogP contribution in [0, 0.1) is 0 Å². The molecule has 1 aromatic heterocycles. The molecule has 0 unspecified atom stereocenters. The zero-order valence-electron chi connectivity index (χ0n) is 11.3. The number of aromatic nitrogens is 1. The number of hydrogen-bond donors (Lipinski definition) is 0. The van der Waals surface area contributed by atoms with Crippen molar-refractivity contribution in [3.05, 3.63) is 57.2 Å². The van der Waals surface area contributed by atoms with E-state index < -0.39 is 10.0 Å². The fourth-order valence-corrected chi connectivity index (χ4v) is 4.43. The SMILES string of the molecule is CN(CCc1ccncc1)S(=O)(=O)c1cc(Br)ccc1Br. The summed E-state index contributed by atoms with van der Waals surface area (Å²) in [6.45, 7) is 0.408. The van der Waals surface area contributed by atoms with Gasteiger partial charge in [-0.2, -0.15) is 0 Å². The van der Waals surface area contributed by atoms with Crippen molar-refractivity contribution >= 4 is 41.9 Å². The Kier molecular flexibility index (Phi) is 5.54. The van der Waals surface area contributed by atoms with Gasteiger partial charge in [-0.1, -0.05) is 15.9 Å². The van der Waals surface area contributed by atoms with Crippen LogP contribution in [0.1, 0.15) is 5.56 Å². The molecule has 21 heavy (non-hydrogen) atoms. The Balaban J connectivity index is 2.17. The molecule has 2 aromatic rings. The molecule has 0 radical (unpaired) electrons. The van der Waals surface area contributed by atoms with Gasteiger partial charge in [-0.15, -0.1) is 0 Å². The Hall–Kier alpha value is -0.760. The van der Waals surface area contributed by atoms with Crippen LogP contribution in [-0.2, 0) is 16.4 Å². The van der Waals surface area contributed by atoms with Crippen LogP contribution in [0.25, 0.3) is 0 Å². The lowest BCUT2D eigenvalue weighted by atomic mass is 10.2. The van der Waals surface area contributed by atoms with E-state index in [1.807, 2.05) is 12.1 Å². The van der Waals surface area contributed by atoms with Gasteiger partial charge < -0.3 is 0 Å². The Bertz CT molecular complexity index is 721. The van der Waals surface area contributed by atoms with Crippen molar-refractivity contribution in [1.29, 1.82) is 0 Å². The van der Waals surface area contributed by atoms with Gasteiger partial charge in [-0.3, -0.25) is 4.98 Å². The number of sulfonamides is 1. The lowest BCUT2D eigenvalue weighted by Crippen LogP contribution is -2.29. The highest BCUT2D eigenvalue weighted by Gasteiger charge is 2.23. The van der Waals surface area contributed by atoms with Crippen LogP contribution in [0.3, 0.4) is 0 Å². The minimum atomic E-state index is -3.52. The first-order chi connectivity index (χ1) is 9.91. The van der Waals surface area contributed by atoms with Gasteiger partial charge in [0.25, 0.3) is 0 Å². The molecule has 2 rings (SSSR count). The van der Waals surface area contributed by atoms with Crippen LogP contribution in [0.15, 0.2) is 56.6 Å². The molecule has 0 saturated heterocycles. The number of pyridine rings is 1. The second-order valence-electron chi connectivity index (χ2n) is 4.51. The molecule has 112 valence electrons. The fraction of sp³-hybridized carbons (Fsp3) is 0.214. The van der Waals surface area contributed by atoms with Crippen molar-refractivity contribution in [2.75, 3.05) is 13.6 Å². The topological polar surface area (TPSA) is 50.3 Å². The van der Waals surface area contributed by atoms with Gasteiger partial charge in [0.2, 0.25) is 10.0 Å². The summed E-state index contributed by atoms with van der Waals surface area (Å²) in [6, 6.07) is 8.88. The lowest BCUT2D eigenvalue weighted by Gasteiger charge is -2.18. The van der Waals surface area contributed by atoms with E-state index in [1.54, 1.807) is 37.6 Å². The Morgan fingerprint density at radius 3 is 2.48 bits per heavy atom. The maximum Gasteiger partial charge on any atom is 0.243 e. The molecule has 1 aromatic carbocycles. The van der Waals surface area contributed by atoms with Crippen molar-refractivity contribution in [1.82, 2.24) is 9.29 Å². The first-order valence-electron chi connectivity index (χ1n) is 6.21. The number of hydrogen-bond acceptors (Lipinski definition) is 3. The maximum absolute atomic E-state index is 12.6. The molecular formula is C14H14Br2N2O2S. The highest BCUT2D eigenvalue weighted by atomic mass is 79.9. The van der Waals surface area contributed by atoms with Crippen LogP contribution in [0.4, 0.5) is 0 Å². The first-order valence-corrected chi connectivity index (χ1v) is 9.24. The molecule has 0 aliphatic carbocycles. The summed E-state index contributed by atoms with van der Waals surface area (Å²) in [4.78, 5) is 4.21. The quantitative estimate of drug-likeness (QED) is 0.725. The summed E-state index contributed by atoms with van der Waals surface area (Å²) in [7, 11) is -1.93. The third kappa shape index (κ3) is 4.12. The summed E-state index contributed by atoms with van der Waals surface area (Å²) in [5, 5.41) is 0. The Morgan fingerprint density at radius 1 is 1.14 bits per heavy atom. The molecule has 0 aliphatic rings. The molecule has 1 heterocycles. The normalized spacial score (nSPS) is 11.8. The number of nitrogens with zero attached hydrogens (tertiary/aromatic N) is 2. The molecular weight excluding hydrogens is 420 g/mol. The first kappa shape index (κ1) is 16.6. The maximum atomic E-state index is 12.6. The minimum absolute atomic E-state index is 0.258. The Labute approximate surface area is 141 Å². The van der Waals surface area contributed by atoms with Crippen molar-refractivity contribution in [3.8, 4) is 0 Å². The van der Waals surface area contributed by atoms with Gasteiger partial charge in [0.1, 0.15) is 0 Å². The lowest BCUT2D eigenvalue weighted by molar-refractivity contribution is 0.472. The van der Waals surface area contributed by atoms with Crippen molar-refractivity contribution in [2.24, 2.45) is 0 Å². The highest BCUT2D eigenvalue weighted by molar-refractivity contribution is 9.11. The van der Waals surface area contributed by atoms with E-state index in [0.717, 1.165) is 10.0 Å². The van der Waals surface area contributed by atoms with E-state index in [2.05, 4.69) is 36.8 Å². The second kappa shape index (κ2) is 7.00. The van der Waals surface area contributed by atoms with Gasteiger partial charge >= 0.3 is 0 Å². The summed E-state index contributed by atoms with van der Waals surface area (Å²) in [6.07, 6.45) is 4.05. The zero-order valence-corrected chi connectivity index (χ0v) is 15.3. The molecule has 0 fully saturated rings. The van der Waals surface area contributed by atoms with Crippen molar-refractivity contribution in [2.45, 2.75) is 11.3 Å². The van der Waals surface area contributed by atoms with Gasteiger partial charge in [0.05, 0.1) is 4.90 Å². The highest BCUT2D eigenvalue weighted by Crippen LogP contribution is 2.27. The van der Waals surface area contributed by atoms with E-state index >= 15 is 0 Å². The minimum Gasteiger partial charge on any atom is -0.265 e.